The number of nitrogens with one attached hydrogen (secondary N) is 1. The molecule has 1 aromatic rings. The van der Waals surface area contributed by atoms with Gasteiger partial charge in [0.05, 0.1) is 11.0 Å². The zero-order chi connectivity index (χ0) is 13.9. The van der Waals surface area contributed by atoms with E-state index in [4.69, 9.17) is 0 Å². The molecule has 1 heterocycles. The summed E-state index contributed by atoms with van der Waals surface area (Å²) in [5, 5.41) is 2.72. The molecule has 1 aliphatic rings. The Morgan fingerprint density at radius 3 is 2.84 bits per heavy atom. The van der Waals surface area contributed by atoms with Gasteiger partial charge in [-0.1, -0.05) is 18.2 Å². The van der Waals surface area contributed by atoms with Crippen LogP contribution in [0.25, 0.3) is 0 Å². The largest absolute Gasteiger partial charge is 0.355 e. The standard InChI is InChI=1S/C13H17NO3S2/c1-19(16,17)8-4-7-14-13(15)12-9-10-5-2-3-6-11(10)18-12/h2-3,5-6,12H,4,7-9H2,1H3,(H,14,15)/t12-/m1/s1. The van der Waals surface area contributed by atoms with E-state index in [9.17, 15) is 13.2 Å². The topological polar surface area (TPSA) is 63.2 Å². The van der Waals surface area contributed by atoms with Crippen molar-refractivity contribution in [2.24, 2.45) is 0 Å². The fourth-order valence-electron chi connectivity index (χ4n) is 1.99. The number of hydrogen-bond donors (Lipinski definition) is 1. The molecule has 104 valence electrons. The third kappa shape index (κ3) is 4.24. The van der Waals surface area contributed by atoms with Crippen molar-refractivity contribution in [3.63, 3.8) is 0 Å². The van der Waals surface area contributed by atoms with Crippen molar-refractivity contribution in [3.8, 4) is 0 Å². The van der Waals surface area contributed by atoms with Gasteiger partial charge in [-0.05, 0) is 24.5 Å². The van der Waals surface area contributed by atoms with Gasteiger partial charge >= 0.3 is 0 Å². The first-order valence-corrected chi connectivity index (χ1v) is 9.10. The lowest BCUT2D eigenvalue weighted by Gasteiger charge is -2.09. The molecule has 0 spiro atoms. The number of carbonyl (C=O) groups is 1. The van der Waals surface area contributed by atoms with E-state index in [0.29, 0.717) is 13.0 Å². The maximum absolute atomic E-state index is 12.0. The van der Waals surface area contributed by atoms with E-state index in [1.807, 2.05) is 24.3 Å². The predicted molar refractivity (Wildman–Crippen MR) is 77.1 cm³/mol. The number of carbonyl (C=O) groups excluding carboxylic acids is 1. The van der Waals surface area contributed by atoms with Crippen LogP contribution in [-0.2, 0) is 21.1 Å². The monoisotopic (exact) mass is 299 g/mol. The van der Waals surface area contributed by atoms with Gasteiger partial charge in [0.1, 0.15) is 9.84 Å². The summed E-state index contributed by atoms with van der Waals surface area (Å²) in [7, 11) is -2.94. The molecule has 0 saturated heterocycles. The number of fused-ring (bicyclic) bond motifs is 1. The Hall–Kier alpha value is -1.01. The van der Waals surface area contributed by atoms with Crippen LogP contribution in [0.4, 0.5) is 0 Å². The van der Waals surface area contributed by atoms with Gasteiger partial charge < -0.3 is 5.32 Å². The maximum Gasteiger partial charge on any atom is 0.233 e. The van der Waals surface area contributed by atoms with Crippen molar-refractivity contribution < 1.29 is 13.2 Å². The van der Waals surface area contributed by atoms with Crippen molar-refractivity contribution in [2.75, 3.05) is 18.6 Å². The lowest BCUT2D eigenvalue weighted by molar-refractivity contribution is -0.120. The van der Waals surface area contributed by atoms with Crippen molar-refractivity contribution in [1.82, 2.24) is 5.32 Å². The van der Waals surface area contributed by atoms with E-state index in [-0.39, 0.29) is 16.9 Å². The Labute approximate surface area is 117 Å². The average molecular weight is 299 g/mol. The average Bonchev–Trinajstić information content (AvgIpc) is 2.77. The molecule has 0 fully saturated rings. The second kappa shape index (κ2) is 5.96. The van der Waals surface area contributed by atoms with E-state index in [2.05, 4.69) is 5.32 Å². The van der Waals surface area contributed by atoms with Crippen LogP contribution in [0.15, 0.2) is 29.2 Å². The summed E-state index contributed by atoms with van der Waals surface area (Å²) in [6, 6.07) is 8.01. The van der Waals surface area contributed by atoms with Crippen LogP contribution >= 0.6 is 11.8 Å². The highest BCUT2D eigenvalue weighted by atomic mass is 32.2. The Bertz CT molecular complexity index is 544. The molecule has 2 rings (SSSR count). The third-order valence-electron chi connectivity index (χ3n) is 2.93. The molecule has 0 bridgehead atoms. The van der Waals surface area contributed by atoms with Crippen molar-refractivity contribution in [1.29, 1.82) is 0 Å². The minimum atomic E-state index is -2.94. The van der Waals surface area contributed by atoms with Crippen LogP contribution in [0.5, 0.6) is 0 Å². The van der Waals surface area contributed by atoms with Gasteiger partial charge in [0.15, 0.2) is 0 Å². The van der Waals surface area contributed by atoms with Gasteiger partial charge in [-0.3, -0.25) is 4.79 Å². The van der Waals surface area contributed by atoms with Gasteiger partial charge in [0, 0.05) is 17.7 Å². The number of sulfone groups is 1. The Balaban J connectivity index is 1.77. The van der Waals surface area contributed by atoms with Crippen LogP contribution in [0, 0.1) is 0 Å². The molecule has 0 saturated carbocycles. The third-order valence-corrected chi connectivity index (χ3v) is 5.28. The molecule has 0 unspecified atom stereocenters. The smallest absolute Gasteiger partial charge is 0.233 e. The summed E-state index contributed by atoms with van der Waals surface area (Å²) in [6.45, 7) is 0.416. The van der Waals surface area contributed by atoms with E-state index >= 15 is 0 Å². The SMILES string of the molecule is CS(=O)(=O)CCCNC(=O)[C@H]1Cc2ccccc2S1. The number of rotatable bonds is 5. The Morgan fingerprint density at radius 2 is 2.16 bits per heavy atom. The summed E-state index contributed by atoms with van der Waals surface area (Å²) in [5.41, 5.74) is 1.21. The highest BCUT2D eigenvalue weighted by Gasteiger charge is 2.27. The lowest BCUT2D eigenvalue weighted by Crippen LogP contribution is -2.33. The van der Waals surface area contributed by atoms with Gasteiger partial charge in [0.2, 0.25) is 5.91 Å². The van der Waals surface area contributed by atoms with E-state index in [1.54, 1.807) is 11.8 Å². The van der Waals surface area contributed by atoms with Gasteiger partial charge in [-0.25, -0.2) is 8.42 Å². The van der Waals surface area contributed by atoms with Gasteiger partial charge in [-0.15, -0.1) is 11.8 Å². The highest BCUT2D eigenvalue weighted by molar-refractivity contribution is 8.01. The van der Waals surface area contributed by atoms with Crippen molar-refractivity contribution in [3.05, 3.63) is 29.8 Å². The molecule has 1 aromatic carbocycles. The zero-order valence-corrected chi connectivity index (χ0v) is 12.4. The molecular formula is C13H17NO3S2. The normalized spacial score (nSPS) is 18.1. The zero-order valence-electron chi connectivity index (χ0n) is 10.8. The minimum Gasteiger partial charge on any atom is -0.355 e. The fourth-order valence-corrected chi connectivity index (χ4v) is 3.88. The molecular weight excluding hydrogens is 282 g/mol. The Morgan fingerprint density at radius 1 is 1.42 bits per heavy atom. The molecule has 0 aliphatic carbocycles. The highest BCUT2D eigenvalue weighted by Crippen LogP contribution is 2.36. The number of benzene rings is 1. The molecule has 19 heavy (non-hydrogen) atoms. The van der Waals surface area contributed by atoms with Crippen LogP contribution in [0.2, 0.25) is 0 Å². The van der Waals surface area contributed by atoms with E-state index in [0.717, 1.165) is 6.42 Å². The maximum atomic E-state index is 12.0. The molecule has 1 aliphatic heterocycles. The first-order chi connectivity index (χ1) is 8.96. The van der Waals surface area contributed by atoms with Crippen LogP contribution < -0.4 is 5.32 Å². The van der Waals surface area contributed by atoms with Crippen LogP contribution in [0.3, 0.4) is 0 Å². The van der Waals surface area contributed by atoms with Gasteiger partial charge in [-0.2, -0.15) is 0 Å². The predicted octanol–water partition coefficient (Wildman–Crippen LogP) is 1.25. The lowest BCUT2D eigenvalue weighted by atomic mass is 10.1. The van der Waals surface area contributed by atoms with E-state index in [1.165, 1.54) is 16.7 Å². The number of thioether (sulfide) groups is 1. The van der Waals surface area contributed by atoms with Crippen LogP contribution in [-0.4, -0.2) is 38.1 Å². The fraction of sp³-hybridized carbons (Fsp3) is 0.462. The summed E-state index contributed by atoms with van der Waals surface area (Å²) < 4.78 is 21.9. The summed E-state index contributed by atoms with van der Waals surface area (Å²) in [5.74, 6) is 0.111. The number of amides is 1. The molecule has 6 heteroatoms. The van der Waals surface area contributed by atoms with E-state index < -0.39 is 9.84 Å². The second-order valence-electron chi connectivity index (χ2n) is 4.69. The first-order valence-electron chi connectivity index (χ1n) is 6.16. The summed E-state index contributed by atoms with van der Waals surface area (Å²) in [6.07, 6.45) is 2.42. The molecule has 1 amide bonds. The molecule has 0 aromatic heterocycles. The summed E-state index contributed by atoms with van der Waals surface area (Å²) in [4.78, 5) is 13.1. The van der Waals surface area contributed by atoms with Crippen molar-refractivity contribution >= 4 is 27.5 Å². The Kier molecular flexibility index (Phi) is 4.52. The quantitative estimate of drug-likeness (QED) is 0.831. The first kappa shape index (κ1) is 14.4. The van der Waals surface area contributed by atoms with Gasteiger partial charge in [0.25, 0.3) is 0 Å². The van der Waals surface area contributed by atoms with Crippen LogP contribution in [0.1, 0.15) is 12.0 Å². The molecule has 1 N–H and O–H groups in total. The van der Waals surface area contributed by atoms with Crippen molar-refractivity contribution in [2.45, 2.75) is 23.0 Å². The minimum absolute atomic E-state index is 0.00491. The number of hydrogen-bond acceptors (Lipinski definition) is 4. The molecule has 0 radical (unpaired) electrons. The molecule has 4 nitrogen and oxygen atoms in total. The second-order valence-corrected chi connectivity index (χ2v) is 8.20. The molecule has 1 atom stereocenters. The summed E-state index contributed by atoms with van der Waals surface area (Å²) >= 11 is 1.58.